The summed E-state index contributed by atoms with van der Waals surface area (Å²) in [7, 11) is 3.59. The fourth-order valence-electron chi connectivity index (χ4n) is 1.92. The molecular weight excluding hydrogens is 273 g/mol. The van der Waals surface area contributed by atoms with Gasteiger partial charge in [0, 0.05) is 16.7 Å². The largest absolute Gasteiger partial charge is 0.497 e. The van der Waals surface area contributed by atoms with Crippen molar-refractivity contribution < 1.29 is 9.13 Å². The molecule has 0 aliphatic rings. The van der Waals surface area contributed by atoms with Crippen LogP contribution in [0.4, 0.5) is 4.39 Å². The van der Waals surface area contributed by atoms with Crippen molar-refractivity contribution in [2.24, 2.45) is 0 Å². The summed E-state index contributed by atoms with van der Waals surface area (Å²) in [6.07, 6.45) is 0. The predicted octanol–water partition coefficient (Wildman–Crippen LogP) is 3.89. The van der Waals surface area contributed by atoms with Crippen molar-refractivity contribution in [3.05, 3.63) is 59.9 Å². The van der Waals surface area contributed by atoms with Crippen LogP contribution in [0.1, 0.15) is 11.6 Å². The van der Waals surface area contributed by atoms with Gasteiger partial charge in [0.05, 0.1) is 7.11 Å². The third kappa shape index (κ3) is 3.99. The molecule has 0 saturated carbocycles. The second kappa shape index (κ2) is 7.31. The molecule has 106 valence electrons. The first-order chi connectivity index (χ1) is 9.72. The minimum Gasteiger partial charge on any atom is -0.497 e. The number of halogens is 1. The fraction of sp³-hybridized carbons (Fsp3) is 0.250. The molecule has 0 aliphatic heterocycles. The Hall–Kier alpha value is -1.52. The number of ether oxygens (including phenoxy) is 1. The Bertz CT molecular complexity index is 544. The molecule has 0 radical (unpaired) electrons. The SMILES string of the molecule is CNC(CSc1cccc(F)c1)c1ccc(OC)cc1. The standard InChI is InChI=1S/C16H18FNOS/c1-18-16(12-6-8-14(19-2)9-7-12)11-20-15-5-3-4-13(17)10-15/h3-10,16,18H,11H2,1-2H3. The maximum absolute atomic E-state index is 13.1. The smallest absolute Gasteiger partial charge is 0.124 e. The number of thioether (sulfide) groups is 1. The van der Waals surface area contributed by atoms with Crippen molar-refractivity contribution in [3.63, 3.8) is 0 Å². The second-order valence-electron chi connectivity index (χ2n) is 4.38. The van der Waals surface area contributed by atoms with E-state index in [9.17, 15) is 4.39 Å². The zero-order chi connectivity index (χ0) is 14.4. The molecule has 1 unspecified atom stereocenters. The summed E-state index contributed by atoms with van der Waals surface area (Å²) < 4.78 is 18.3. The van der Waals surface area contributed by atoms with E-state index in [0.29, 0.717) is 0 Å². The first-order valence-electron chi connectivity index (χ1n) is 6.42. The van der Waals surface area contributed by atoms with Gasteiger partial charge in [0.1, 0.15) is 11.6 Å². The van der Waals surface area contributed by atoms with Gasteiger partial charge in [-0.2, -0.15) is 0 Å². The van der Waals surface area contributed by atoms with Crippen LogP contribution >= 0.6 is 11.8 Å². The van der Waals surface area contributed by atoms with Crippen LogP contribution in [0.25, 0.3) is 0 Å². The average molecular weight is 291 g/mol. The molecule has 0 fully saturated rings. The molecule has 1 N–H and O–H groups in total. The van der Waals surface area contributed by atoms with Crippen molar-refractivity contribution in [3.8, 4) is 5.75 Å². The van der Waals surface area contributed by atoms with E-state index in [1.54, 1.807) is 31.0 Å². The maximum Gasteiger partial charge on any atom is 0.124 e. The van der Waals surface area contributed by atoms with Crippen LogP contribution in [0.5, 0.6) is 5.75 Å². The molecule has 2 nitrogen and oxygen atoms in total. The molecule has 0 aromatic heterocycles. The van der Waals surface area contributed by atoms with Crippen molar-refractivity contribution in [2.45, 2.75) is 10.9 Å². The predicted molar refractivity (Wildman–Crippen MR) is 81.9 cm³/mol. The van der Waals surface area contributed by atoms with Crippen molar-refractivity contribution >= 4 is 11.8 Å². The summed E-state index contributed by atoms with van der Waals surface area (Å²) >= 11 is 1.64. The molecular formula is C16H18FNOS. The Labute approximate surface area is 123 Å². The third-order valence-corrected chi connectivity index (χ3v) is 4.17. The summed E-state index contributed by atoms with van der Waals surface area (Å²) in [5.74, 6) is 1.49. The van der Waals surface area contributed by atoms with Crippen LogP contribution in [-0.2, 0) is 0 Å². The Morgan fingerprint density at radius 2 is 1.95 bits per heavy atom. The highest BCUT2D eigenvalue weighted by molar-refractivity contribution is 7.99. The van der Waals surface area contributed by atoms with Crippen LogP contribution in [0, 0.1) is 5.82 Å². The van der Waals surface area contributed by atoms with E-state index in [-0.39, 0.29) is 11.9 Å². The van der Waals surface area contributed by atoms with Gasteiger partial charge in [0.25, 0.3) is 0 Å². The van der Waals surface area contributed by atoms with Gasteiger partial charge in [0.2, 0.25) is 0 Å². The highest BCUT2D eigenvalue weighted by Gasteiger charge is 2.10. The number of benzene rings is 2. The number of methoxy groups -OCH3 is 1. The molecule has 0 spiro atoms. The lowest BCUT2D eigenvalue weighted by Gasteiger charge is -2.16. The van der Waals surface area contributed by atoms with E-state index < -0.39 is 0 Å². The lowest BCUT2D eigenvalue weighted by molar-refractivity contribution is 0.414. The normalized spacial score (nSPS) is 12.2. The second-order valence-corrected chi connectivity index (χ2v) is 5.48. The Balaban J connectivity index is 2.01. The number of hydrogen-bond donors (Lipinski definition) is 1. The topological polar surface area (TPSA) is 21.3 Å². The van der Waals surface area contributed by atoms with Gasteiger partial charge in [-0.05, 0) is 42.9 Å². The van der Waals surface area contributed by atoms with Gasteiger partial charge in [0.15, 0.2) is 0 Å². The fourth-order valence-corrected chi connectivity index (χ4v) is 3.01. The molecule has 2 aromatic carbocycles. The molecule has 0 heterocycles. The lowest BCUT2D eigenvalue weighted by atomic mass is 10.1. The van der Waals surface area contributed by atoms with Gasteiger partial charge >= 0.3 is 0 Å². The summed E-state index contributed by atoms with van der Waals surface area (Å²) in [5, 5.41) is 3.29. The molecule has 0 bridgehead atoms. The summed E-state index contributed by atoms with van der Waals surface area (Å²) in [6, 6.07) is 14.9. The summed E-state index contributed by atoms with van der Waals surface area (Å²) in [4.78, 5) is 0.943. The molecule has 2 aromatic rings. The molecule has 2 rings (SSSR count). The van der Waals surface area contributed by atoms with Crippen LogP contribution in [0.15, 0.2) is 53.4 Å². The lowest BCUT2D eigenvalue weighted by Crippen LogP contribution is -2.18. The van der Waals surface area contributed by atoms with Crippen LogP contribution in [0.3, 0.4) is 0 Å². The van der Waals surface area contributed by atoms with Crippen LogP contribution in [-0.4, -0.2) is 19.9 Å². The van der Waals surface area contributed by atoms with E-state index in [4.69, 9.17) is 4.74 Å². The zero-order valence-electron chi connectivity index (χ0n) is 11.6. The van der Waals surface area contributed by atoms with E-state index in [1.807, 2.05) is 37.4 Å². The Morgan fingerprint density at radius 1 is 1.20 bits per heavy atom. The quantitative estimate of drug-likeness (QED) is 0.816. The van der Waals surface area contributed by atoms with Crippen molar-refractivity contribution in [1.82, 2.24) is 5.32 Å². The highest BCUT2D eigenvalue weighted by Crippen LogP contribution is 2.26. The van der Waals surface area contributed by atoms with E-state index in [0.717, 1.165) is 16.4 Å². The first-order valence-corrected chi connectivity index (χ1v) is 7.41. The van der Waals surface area contributed by atoms with Gasteiger partial charge in [-0.15, -0.1) is 11.8 Å². The van der Waals surface area contributed by atoms with E-state index in [2.05, 4.69) is 5.32 Å². The molecule has 0 amide bonds. The van der Waals surface area contributed by atoms with Gasteiger partial charge < -0.3 is 10.1 Å². The minimum atomic E-state index is -0.194. The summed E-state index contributed by atoms with van der Waals surface area (Å²) in [6.45, 7) is 0. The van der Waals surface area contributed by atoms with Gasteiger partial charge in [-0.25, -0.2) is 4.39 Å². The number of nitrogens with one attached hydrogen (secondary N) is 1. The van der Waals surface area contributed by atoms with E-state index >= 15 is 0 Å². The van der Waals surface area contributed by atoms with Crippen LogP contribution in [0.2, 0.25) is 0 Å². The average Bonchev–Trinajstić information content (AvgIpc) is 2.48. The first kappa shape index (κ1) is 14.9. The monoisotopic (exact) mass is 291 g/mol. The van der Waals surface area contributed by atoms with Crippen molar-refractivity contribution in [2.75, 3.05) is 19.9 Å². The molecule has 4 heteroatoms. The highest BCUT2D eigenvalue weighted by atomic mass is 32.2. The van der Waals surface area contributed by atoms with Gasteiger partial charge in [-0.3, -0.25) is 0 Å². The Kier molecular flexibility index (Phi) is 5.44. The maximum atomic E-state index is 13.1. The molecule has 0 aliphatic carbocycles. The van der Waals surface area contributed by atoms with Crippen molar-refractivity contribution in [1.29, 1.82) is 0 Å². The molecule has 1 atom stereocenters. The van der Waals surface area contributed by atoms with E-state index in [1.165, 1.54) is 11.6 Å². The minimum absolute atomic E-state index is 0.194. The third-order valence-electron chi connectivity index (χ3n) is 3.08. The Morgan fingerprint density at radius 3 is 2.55 bits per heavy atom. The van der Waals surface area contributed by atoms with Gasteiger partial charge in [-0.1, -0.05) is 18.2 Å². The number of hydrogen-bond acceptors (Lipinski definition) is 3. The molecule has 20 heavy (non-hydrogen) atoms. The summed E-state index contributed by atoms with van der Waals surface area (Å²) in [5.41, 5.74) is 1.19. The molecule has 0 saturated heterocycles. The van der Waals surface area contributed by atoms with Crippen LogP contribution < -0.4 is 10.1 Å². The number of rotatable bonds is 6. The zero-order valence-corrected chi connectivity index (χ0v) is 12.4.